The maximum absolute atomic E-state index is 13.7. The number of anilines is 1. The predicted octanol–water partition coefficient (Wildman–Crippen LogP) is 5.13. The van der Waals surface area contributed by atoms with Gasteiger partial charge in [-0.15, -0.1) is 0 Å². The van der Waals surface area contributed by atoms with E-state index in [-0.39, 0.29) is 24.6 Å². The van der Waals surface area contributed by atoms with E-state index in [4.69, 9.17) is 10.00 Å². The van der Waals surface area contributed by atoms with Crippen molar-refractivity contribution < 1.29 is 35.9 Å². The van der Waals surface area contributed by atoms with Crippen molar-refractivity contribution in [2.45, 2.75) is 36.8 Å². The summed E-state index contributed by atoms with van der Waals surface area (Å²) in [5, 5.41) is 14.0. The van der Waals surface area contributed by atoms with Crippen molar-refractivity contribution in [1.82, 2.24) is 10.2 Å². The monoisotopic (exact) mass is 500 g/mol. The standard InChI is InChI=1S/C23H22F6N4O2/c1-33(2)21(34)32-15-5-7-17(8-6-15)35-12-16-10-18(20(31-16)23(27,28)29)13-3-4-14(11-30)19(9-13)22(24,25)26/h3-9,16,18,20,31H,10,12H2,1-2H3,(H,32,34). The summed E-state index contributed by atoms with van der Waals surface area (Å²) in [5.74, 6) is -0.944. The third kappa shape index (κ3) is 6.36. The van der Waals surface area contributed by atoms with Crippen LogP contribution in [0.5, 0.6) is 5.75 Å². The van der Waals surface area contributed by atoms with Gasteiger partial charge < -0.3 is 15.0 Å². The van der Waals surface area contributed by atoms with E-state index in [1.54, 1.807) is 26.2 Å². The molecule has 2 aromatic carbocycles. The molecular weight excluding hydrogens is 478 g/mol. The summed E-state index contributed by atoms with van der Waals surface area (Å²) in [6.07, 6.45) is -9.70. The van der Waals surface area contributed by atoms with Crippen LogP contribution >= 0.6 is 0 Å². The Kier molecular flexibility index (Phi) is 7.50. The molecule has 1 aliphatic rings. The van der Waals surface area contributed by atoms with Gasteiger partial charge in [-0.1, -0.05) is 6.07 Å². The number of nitrogens with one attached hydrogen (secondary N) is 2. The molecule has 35 heavy (non-hydrogen) atoms. The largest absolute Gasteiger partial charge is 0.492 e. The van der Waals surface area contributed by atoms with Crippen LogP contribution < -0.4 is 15.4 Å². The number of rotatable bonds is 5. The number of hydrogen-bond acceptors (Lipinski definition) is 4. The number of amides is 2. The first-order chi connectivity index (χ1) is 16.3. The molecule has 0 spiro atoms. The SMILES string of the molecule is CN(C)C(=O)Nc1ccc(OCC2CC(c3ccc(C#N)c(C(F)(F)F)c3)C(C(F)(F)F)N2)cc1. The van der Waals surface area contributed by atoms with Gasteiger partial charge in [0, 0.05) is 31.7 Å². The predicted molar refractivity (Wildman–Crippen MR) is 115 cm³/mol. The van der Waals surface area contributed by atoms with Crippen molar-refractivity contribution in [2.75, 3.05) is 26.0 Å². The van der Waals surface area contributed by atoms with Gasteiger partial charge in [-0.2, -0.15) is 31.6 Å². The minimum Gasteiger partial charge on any atom is -0.492 e. The van der Waals surface area contributed by atoms with Crippen LogP contribution in [-0.4, -0.2) is 49.9 Å². The number of ether oxygens (including phenoxy) is 1. The summed E-state index contributed by atoms with van der Waals surface area (Å²) in [7, 11) is 3.15. The molecule has 12 heteroatoms. The molecule has 2 aromatic rings. The molecule has 0 radical (unpaired) electrons. The van der Waals surface area contributed by atoms with E-state index in [9.17, 15) is 31.1 Å². The fourth-order valence-corrected chi connectivity index (χ4v) is 3.84. The smallest absolute Gasteiger partial charge is 0.417 e. The van der Waals surface area contributed by atoms with Gasteiger partial charge in [0.25, 0.3) is 0 Å². The number of urea groups is 1. The summed E-state index contributed by atoms with van der Waals surface area (Å²) in [5.41, 5.74) is -1.58. The van der Waals surface area contributed by atoms with Crippen LogP contribution in [0.3, 0.4) is 0 Å². The highest BCUT2D eigenvalue weighted by Crippen LogP contribution is 2.42. The van der Waals surface area contributed by atoms with Gasteiger partial charge in [0.05, 0.1) is 17.2 Å². The molecule has 2 N–H and O–H groups in total. The van der Waals surface area contributed by atoms with Gasteiger partial charge in [-0.05, 0) is 48.4 Å². The van der Waals surface area contributed by atoms with Gasteiger partial charge in [0.2, 0.25) is 0 Å². The lowest BCUT2D eigenvalue weighted by Crippen LogP contribution is -2.44. The number of benzene rings is 2. The molecule has 1 aliphatic heterocycles. The summed E-state index contributed by atoms with van der Waals surface area (Å²) >= 11 is 0. The molecule has 2 amide bonds. The molecule has 6 nitrogen and oxygen atoms in total. The molecule has 1 fully saturated rings. The zero-order chi connectivity index (χ0) is 26.0. The molecule has 3 unspecified atom stereocenters. The Balaban J connectivity index is 1.73. The van der Waals surface area contributed by atoms with Crippen molar-refractivity contribution in [1.29, 1.82) is 5.26 Å². The fraction of sp³-hybridized carbons (Fsp3) is 0.391. The highest BCUT2D eigenvalue weighted by Gasteiger charge is 2.51. The van der Waals surface area contributed by atoms with Gasteiger partial charge in [0.1, 0.15) is 18.4 Å². The Morgan fingerprint density at radius 3 is 2.34 bits per heavy atom. The van der Waals surface area contributed by atoms with Gasteiger partial charge in [-0.3, -0.25) is 5.32 Å². The minimum atomic E-state index is -4.87. The van der Waals surface area contributed by atoms with Gasteiger partial charge in [0.15, 0.2) is 0 Å². The van der Waals surface area contributed by atoms with Crippen LogP contribution in [0.2, 0.25) is 0 Å². The van der Waals surface area contributed by atoms with E-state index in [2.05, 4.69) is 10.6 Å². The Morgan fingerprint density at radius 1 is 1.14 bits per heavy atom. The topological polar surface area (TPSA) is 77.4 Å². The van der Waals surface area contributed by atoms with Crippen LogP contribution in [-0.2, 0) is 6.18 Å². The lowest BCUT2D eigenvalue weighted by atomic mass is 9.88. The Morgan fingerprint density at radius 2 is 1.80 bits per heavy atom. The molecule has 3 rings (SSSR count). The van der Waals surface area contributed by atoms with Crippen LogP contribution in [0.15, 0.2) is 42.5 Å². The molecule has 0 bridgehead atoms. The first kappa shape index (κ1) is 26.2. The van der Waals surface area contributed by atoms with E-state index in [1.807, 2.05) is 0 Å². The Labute approximate surface area is 197 Å². The van der Waals surface area contributed by atoms with Crippen LogP contribution in [0.1, 0.15) is 29.0 Å². The molecule has 1 heterocycles. The summed E-state index contributed by atoms with van der Waals surface area (Å²) in [6, 6.07) is 7.07. The minimum absolute atomic E-state index is 0.121. The lowest BCUT2D eigenvalue weighted by molar-refractivity contribution is -0.156. The maximum atomic E-state index is 13.7. The van der Waals surface area contributed by atoms with Gasteiger partial charge in [-0.25, -0.2) is 4.79 Å². The van der Waals surface area contributed by atoms with Crippen molar-refractivity contribution in [2.24, 2.45) is 0 Å². The van der Waals surface area contributed by atoms with E-state index < -0.39 is 41.5 Å². The van der Waals surface area contributed by atoms with Gasteiger partial charge >= 0.3 is 18.4 Å². The second kappa shape index (κ2) is 10.0. The molecule has 1 saturated heterocycles. The van der Waals surface area contributed by atoms with Crippen molar-refractivity contribution in [3.05, 3.63) is 59.2 Å². The number of carbonyl (C=O) groups is 1. The highest BCUT2D eigenvalue weighted by molar-refractivity contribution is 5.88. The number of carbonyl (C=O) groups excluding carboxylic acids is 1. The molecule has 188 valence electrons. The average Bonchev–Trinajstić information content (AvgIpc) is 3.22. The van der Waals surface area contributed by atoms with Crippen LogP contribution in [0.4, 0.5) is 36.8 Å². The normalized spacial score (nSPS) is 20.3. The molecule has 0 aliphatic carbocycles. The third-order valence-electron chi connectivity index (χ3n) is 5.57. The van der Waals surface area contributed by atoms with Crippen LogP contribution in [0.25, 0.3) is 0 Å². The van der Waals surface area contributed by atoms with E-state index >= 15 is 0 Å². The summed E-state index contributed by atoms with van der Waals surface area (Å²) in [4.78, 5) is 13.0. The molecular formula is C23H22F6N4O2. The molecule has 3 atom stereocenters. The zero-order valence-corrected chi connectivity index (χ0v) is 18.7. The van der Waals surface area contributed by atoms with Crippen LogP contribution in [0, 0.1) is 11.3 Å². The van der Waals surface area contributed by atoms with Crippen molar-refractivity contribution >= 4 is 11.7 Å². The lowest BCUT2D eigenvalue weighted by Gasteiger charge is -2.23. The number of nitriles is 1. The fourth-order valence-electron chi connectivity index (χ4n) is 3.84. The number of hydrogen-bond donors (Lipinski definition) is 2. The second-order valence-corrected chi connectivity index (χ2v) is 8.30. The number of nitrogens with zero attached hydrogens (tertiary/aromatic N) is 2. The maximum Gasteiger partial charge on any atom is 0.417 e. The molecule has 0 aromatic heterocycles. The average molecular weight is 500 g/mol. The van der Waals surface area contributed by atoms with E-state index in [0.717, 1.165) is 12.1 Å². The zero-order valence-electron chi connectivity index (χ0n) is 18.7. The summed E-state index contributed by atoms with van der Waals surface area (Å²) < 4.78 is 86.7. The first-order valence-electron chi connectivity index (χ1n) is 10.4. The number of halogens is 6. The highest BCUT2D eigenvalue weighted by atomic mass is 19.4. The van der Waals surface area contributed by atoms with E-state index in [0.29, 0.717) is 17.5 Å². The molecule has 0 saturated carbocycles. The number of alkyl halides is 6. The van der Waals surface area contributed by atoms with E-state index in [1.165, 1.54) is 23.1 Å². The van der Waals surface area contributed by atoms with Crippen molar-refractivity contribution in [3.8, 4) is 11.8 Å². The quantitative estimate of drug-likeness (QED) is 0.559. The summed E-state index contributed by atoms with van der Waals surface area (Å²) in [6.45, 7) is -0.158. The Bertz CT molecular complexity index is 1090. The van der Waals surface area contributed by atoms with Crippen molar-refractivity contribution in [3.63, 3.8) is 0 Å². The first-order valence-corrected chi connectivity index (χ1v) is 10.4. The Hall–Kier alpha value is -3.46. The second-order valence-electron chi connectivity index (χ2n) is 8.30. The third-order valence-corrected chi connectivity index (χ3v) is 5.57.